The zero-order valence-electron chi connectivity index (χ0n) is 23.9. The van der Waals surface area contributed by atoms with Crippen molar-refractivity contribution in [2.75, 3.05) is 6.61 Å². The lowest BCUT2D eigenvalue weighted by Crippen LogP contribution is -2.23. The van der Waals surface area contributed by atoms with Gasteiger partial charge >= 0.3 is 5.97 Å². The highest BCUT2D eigenvalue weighted by Gasteiger charge is 2.17. The molecule has 0 aliphatic heterocycles. The number of ether oxygens (including phenoxy) is 2. The number of hydrogen-bond acceptors (Lipinski definition) is 5. The van der Waals surface area contributed by atoms with Crippen LogP contribution in [0.25, 0.3) is 22.1 Å². The Morgan fingerprint density at radius 3 is 2.51 bits per heavy atom. The minimum absolute atomic E-state index is 0.00579. The Kier molecular flexibility index (Phi) is 9.15. The molecule has 0 unspecified atom stereocenters. The van der Waals surface area contributed by atoms with Crippen molar-refractivity contribution in [3.05, 3.63) is 125 Å². The smallest absolute Gasteiger partial charge is 0.310 e. The van der Waals surface area contributed by atoms with Gasteiger partial charge < -0.3 is 19.2 Å². The summed E-state index contributed by atoms with van der Waals surface area (Å²) in [6.07, 6.45) is 0.975. The molecule has 0 radical (unpaired) electrons. The average molecular weight is 584 g/mol. The molecule has 1 amide bonds. The number of para-hydroxylation sites is 1. The Balaban J connectivity index is 1.43. The maximum absolute atomic E-state index is 14.1. The van der Waals surface area contributed by atoms with Crippen molar-refractivity contribution in [2.24, 2.45) is 0 Å². The predicted molar refractivity (Wildman–Crippen MR) is 160 cm³/mol. The zero-order chi connectivity index (χ0) is 30.3. The third-order valence-electron chi connectivity index (χ3n) is 6.98. The van der Waals surface area contributed by atoms with Gasteiger partial charge in [-0.3, -0.25) is 9.59 Å². The lowest BCUT2D eigenvalue weighted by molar-refractivity contribution is -0.142. The molecule has 0 bridgehead atoms. The standard InChI is InChI=1S/C35H31F2NO5/c1-3-22-8-7-10-24(14-22)30-16-23(21-42-32-11-6-5-9-25(32)18-33(39)41-4-2)15-26-17-28(43-34(26)30)20-38-35(40)29-13-12-27(36)19-31(29)37/h5-17,19H,3-4,18,20-21H2,1-2H3,(H,38,40). The Hall–Kier alpha value is -4.98. The van der Waals surface area contributed by atoms with Gasteiger partial charge in [0.05, 0.1) is 25.1 Å². The predicted octanol–water partition coefficient (Wildman–Crippen LogP) is 7.56. The number of esters is 1. The number of benzene rings is 4. The molecule has 1 N–H and O–H groups in total. The fraction of sp³-hybridized carbons (Fsp3) is 0.200. The van der Waals surface area contributed by atoms with Gasteiger partial charge in [-0.2, -0.15) is 0 Å². The first kappa shape index (κ1) is 29.5. The van der Waals surface area contributed by atoms with E-state index in [4.69, 9.17) is 13.9 Å². The zero-order valence-corrected chi connectivity index (χ0v) is 23.9. The van der Waals surface area contributed by atoms with Gasteiger partial charge in [0.15, 0.2) is 0 Å². The third kappa shape index (κ3) is 7.09. The molecule has 0 aliphatic rings. The molecule has 0 atom stereocenters. The fourth-order valence-corrected chi connectivity index (χ4v) is 4.87. The van der Waals surface area contributed by atoms with Crippen molar-refractivity contribution in [2.45, 2.75) is 39.8 Å². The van der Waals surface area contributed by atoms with Gasteiger partial charge in [0.1, 0.15) is 35.3 Å². The summed E-state index contributed by atoms with van der Waals surface area (Å²) in [4.78, 5) is 24.7. The van der Waals surface area contributed by atoms with Crippen molar-refractivity contribution in [1.29, 1.82) is 0 Å². The highest BCUT2D eigenvalue weighted by Crippen LogP contribution is 2.34. The first-order valence-electron chi connectivity index (χ1n) is 14.1. The number of nitrogens with one attached hydrogen (secondary N) is 1. The number of carbonyl (C=O) groups excluding carboxylic acids is 2. The minimum atomic E-state index is -0.936. The number of amides is 1. The summed E-state index contributed by atoms with van der Waals surface area (Å²) in [6, 6.07) is 24.1. The van der Waals surface area contributed by atoms with Gasteiger partial charge in [0, 0.05) is 22.6 Å². The molecule has 43 heavy (non-hydrogen) atoms. The van der Waals surface area contributed by atoms with Gasteiger partial charge in [-0.1, -0.05) is 49.4 Å². The average Bonchev–Trinajstić information content (AvgIpc) is 3.42. The van der Waals surface area contributed by atoms with Crippen molar-refractivity contribution in [3.63, 3.8) is 0 Å². The van der Waals surface area contributed by atoms with Crippen molar-refractivity contribution in [1.82, 2.24) is 5.32 Å². The van der Waals surface area contributed by atoms with Gasteiger partial charge in [-0.05, 0) is 66.4 Å². The van der Waals surface area contributed by atoms with Crippen LogP contribution >= 0.6 is 0 Å². The van der Waals surface area contributed by atoms with Crippen molar-refractivity contribution < 1.29 is 32.3 Å². The van der Waals surface area contributed by atoms with E-state index in [9.17, 15) is 18.4 Å². The number of hydrogen-bond donors (Lipinski definition) is 1. The summed E-state index contributed by atoms with van der Waals surface area (Å²) in [7, 11) is 0. The van der Waals surface area contributed by atoms with Crippen LogP contribution in [0.1, 0.15) is 46.7 Å². The second kappa shape index (κ2) is 13.3. The third-order valence-corrected chi connectivity index (χ3v) is 6.98. The summed E-state index contributed by atoms with van der Waals surface area (Å²) in [5, 5.41) is 3.45. The van der Waals surface area contributed by atoms with Crippen molar-refractivity contribution in [3.8, 4) is 16.9 Å². The van der Waals surface area contributed by atoms with Gasteiger partial charge in [-0.15, -0.1) is 0 Å². The molecule has 0 fully saturated rings. The van der Waals surface area contributed by atoms with Crippen LogP contribution in [0, 0.1) is 11.6 Å². The normalized spacial score (nSPS) is 11.0. The molecule has 5 rings (SSSR count). The molecule has 0 saturated heterocycles. The number of furan rings is 1. The Morgan fingerprint density at radius 1 is 0.884 bits per heavy atom. The van der Waals surface area contributed by atoms with Crippen LogP contribution in [-0.4, -0.2) is 18.5 Å². The van der Waals surface area contributed by atoms with Crippen LogP contribution in [0.2, 0.25) is 0 Å². The SMILES string of the molecule is CCOC(=O)Cc1ccccc1OCc1cc(-c2cccc(CC)c2)c2oc(CNC(=O)c3ccc(F)cc3F)cc2c1. The molecule has 1 heterocycles. The fourth-order valence-electron chi connectivity index (χ4n) is 4.87. The number of carbonyl (C=O) groups is 2. The van der Waals surface area contributed by atoms with E-state index in [-0.39, 0.29) is 31.1 Å². The molecule has 0 aliphatic carbocycles. The van der Waals surface area contributed by atoms with Crippen LogP contribution in [-0.2, 0) is 35.5 Å². The molecule has 0 spiro atoms. The molecule has 5 aromatic rings. The molecule has 220 valence electrons. The number of rotatable bonds is 11. The number of halogens is 2. The van der Waals surface area contributed by atoms with Gasteiger partial charge in [-0.25, -0.2) is 8.78 Å². The van der Waals surface area contributed by atoms with Gasteiger partial charge in [0.25, 0.3) is 5.91 Å². The molecule has 0 saturated carbocycles. The van der Waals surface area contributed by atoms with E-state index in [0.717, 1.165) is 46.2 Å². The Bertz CT molecular complexity index is 1780. The summed E-state index contributed by atoms with van der Waals surface area (Å²) >= 11 is 0. The second-order valence-corrected chi connectivity index (χ2v) is 10.0. The lowest BCUT2D eigenvalue weighted by Gasteiger charge is -2.13. The highest BCUT2D eigenvalue weighted by molar-refractivity contribution is 5.95. The summed E-state index contributed by atoms with van der Waals surface area (Å²) in [5.41, 5.74) is 4.98. The molecule has 6 nitrogen and oxygen atoms in total. The van der Waals surface area contributed by atoms with Crippen LogP contribution in [0.4, 0.5) is 8.78 Å². The molecular weight excluding hydrogens is 552 g/mol. The topological polar surface area (TPSA) is 77.8 Å². The van der Waals surface area contributed by atoms with E-state index in [1.165, 1.54) is 5.56 Å². The summed E-state index contributed by atoms with van der Waals surface area (Å²) in [6.45, 7) is 4.40. The molecular formula is C35H31F2NO5. The van der Waals surface area contributed by atoms with Crippen LogP contribution < -0.4 is 10.1 Å². The van der Waals surface area contributed by atoms with Crippen molar-refractivity contribution >= 4 is 22.8 Å². The first-order valence-corrected chi connectivity index (χ1v) is 14.1. The Labute approximate surface area is 248 Å². The van der Waals surface area contributed by atoms with E-state index < -0.39 is 17.5 Å². The Morgan fingerprint density at radius 2 is 1.72 bits per heavy atom. The molecule has 4 aromatic carbocycles. The van der Waals surface area contributed by atoms with Crippen LogP contribution in [0.15, 0.2) is 89.3 Å². The summed E-state index contributed by atoms with van der Waals surface area (Å²) in [5.74, 6) is -1.63. The van der Waals surface area contributed by atoms with E-state index >= 15 is 0 Å². The highest BCUT2D eigenvalue weighted by atomic mass is 19.1. The van der Waals surface area contributed by atoms with Gasteiger partial charge in [0.2, 0.25) is 0 Å². The maximum Gasteiger partial charge on any atom is 0.310 e. The van der Waals surface area contributed by atoms with E-state index in [1.54, 1.807) is 6.92 Å². The van der Waals surface area contributed by atoms with E-state index in [0.29, 0.717) is 29.8 Å². The summed E-state index contributed by atoms with van der Waals surface area (Å²) < 4.78 is 44.9. The molecule has 8 heteroatoms. The number of aryl methyl sites for hydroxylation is 1. The largest absolute Gasteiger partial charge is 0.489 e. The number of fused-ring (bicyclic) bond motifs is 1. The van der Waals surface area contributed by atoms with Crippen LogP contribution in [0.3, 0.4) is 0 Å². The maximum atomic E-state index is 14.1. The van der Waals surface area contributed by atoms with E-state index in [1.807, 2.05) is 54.6 Å². The quantitative estimate of drug-likeness (QED) is 0.163. The second-order valence-electron chi connectivity index (χ2n) is 10.0. The van der Waals surface area contributed by atoms with E-state index in [2.05, 4.69) is 24.4 Å². The lowest BCUT2D eigenvalue weighted by atomic mass is 9.98. The minimum Gasteiger partial charge on any atom is -0.489 e. The monoisotopic (exact) mass is 583 g/mol. The molecule has 1 aromatic heterocycles. The van der Waals surface area contributed by atoms with Crippen LogP contribution in [0.5, 0.6) is 5.75 Å². The first-order chi connectivity index (χ1) is 20.8.